The third kappa shape index (κ3) is 3.93. The van der Waals surface area contributed by atoms with Crippen LogP contribution in [0.4, 0.5) is 0 Å². The Kier molecular flexibility index (Phi) is 4.81. The van der Waals surface area contributed by atoms with Gasteiger partial charge in [-0.25, -0.2) is 13.1 Å². The molecular weight excluding hydrogens is 312 g/mol. The molecule has 0 aliphatic carbocycles. The molecule has 0 fully saturated rings. The van der Waals surface area contributed by atoms with E-state index in [0.29, 0.717) is 29.4 Å². The average Bonchev–Trinajstić information content (AvgIpc) is 2.77. The van der Waals surface area contributed by atoms with E-state index in [9.17, 15) is 13.2 Å². The monoisotopic (exact) mass is 328 g/mol. The van der Waals surface area contributed by atoms with Crippen LogP contribution in [0.25, 0.3) is 0 Å². The highest BCUT2D eigenvalue weighted by Gasteiger charge is 2.20. The van der Waals surface area contributed by atoms with E-state index in [4.69, 9.17) is 4.74 Å². The van der Waals surface area contributed by atoms with Crippen LogP contribution < -0.4 is 14.3 Å². The normalized spacial score (nSPS) is 11.5. The molecule has 0 bridgehead atoms. The van der Waals surface area contributed by atoms with E-state index in [0.717, 1.165) is 5.56 Å². The topological polar surface area (TPSA) is 88.3 Å². The lowest BCUT2D eigenvalue weighted by molar-refractivity contribution is 0.340. The van der Waals surface area contributed by atoms with Gasteiger partial charge in [-0.15, -0.1) is 0 Å². The maximum absolute atomic E-state index is 12.2. The SMILES string of the molecule is CCOc1cccc(CNS(=O)(=O)c2sc(=O)[nH]c2C)c1. The van der Waals surface area contributed by atoms with Crippen LogP contribution in [0, 0.1) is 6.92 Å². The van der Waals surface area contributed by atoms with Crippen LogP contribution in [0.1, 0.15) is 18.2 Å². The van der Waals surface area contributed by atoms with Gasteiger partial charge in [-0.1, -0.05) is 23.5 Å². The Balaban J connectivity index is 2.13. The number of benzene rings is 1. The molecule has 21 heavy (non-hydrogen) atoms. The number of ether oxygens (including phenoxy) is 1. The number of aryl methyl sites for hydroxylation is 1. The van der Waals surface area contributed by atoms with Crippen molar-refractivity contribution in [3.8, 4) is 5.75 Å². The highest BCUT2D eigenvalue weighted by atomic mass is 32.2. The molecule has 0 amide bonds. The van der Waals surface area contributed by atoms with Gasteiger partial charge in [0.25, 0.3) is 10.0 Å². The lowest BCUT2D eigenvalue weighted by Crippen LogP contribution is -2.23. The van der Waals surface area contributed by atoms with Gasteiger partial charge in [-0.2, -0.15) is 0 Å². The first-order valence-corrected chi connectivity index (χ1v) is 8.63. The minimum atomic E-state index is -3.70. The summed E-state index contributed by atoms with van der Waals surface area (Å²) in [4.78, 5) is 13.3. The molecule has 0 saturated heterocycles. The van der Waals surface area contributed by atoms with E-state index < -0.39 is 10.0 Å². The second kappa shape index (κ2) is 6.42. The molecule has 2 N–H and O–H groups in total. The van der Waals surface area contributed by atoms with Gasteiger partial charge >= 0.3 is 4.87 Å². The molecule has 0 radical (unpaired) electrons. The van der Waals surface area contributed by atoms with Gasteiger partial charge in [-0.3, -0.25) is 4.79 Å². The Morgan fingerprint density at radius 2 is 2.14 bits per heavy atom. The highest BCUT2D eigenvalue weighted by molar-refractivity contribution is 7.91. The maximum atomic E-state index is 12.2. The molecule has 6 nitrogen and oxygen atoms in total. The maximum Gasteiger partial charge on any atom is 0.305 e. The molecule has 114 valence electrons. The fourth-order valence-electron chi connectivity index (χ4n) is 1.80. The molecule has 0 atom stereocenters. The smallest absolute Gasteiger partial charge is 0.305 e. The Labute approximate surface area is 126 Å². The Morgan fingerprint density at radius 1 is 1.38 bits per heavy atom. The summed E-state index contributed by atoms with van der Waals surface area (Å²) in [5, 5.41) is 0. The Hall–Kier alpha value is -1.64. The molecule has 1 aromatic heterocycles. The number of aromatic nitrogens is 1. The van der Waals surface area contributed by atoms with Crippen molar-refractivity contribution in [3.05, 3.63) is 45.2 Å². The number of thiazole rings is 1. The van der Waals surface area contributed by atoms with Gasteiger partial charge in [0, 0.05) is 12.2 Å². The molecule has 0 aliphatic rings. The standard InChI is InChI=1S/C13H16N2O4S2/c1-3-19-11-6-4-5-10(7-11)8-14-21(17,18)12-9(2)15-13(16)20-12/h4-7,14H,3,8H2,1-2H3,(H,15,16). The molecule has 2 rings (SSSR count). The van der Waals surface area contributed by atoms with E-state index in [1.54, 1.807) is 25.1 Å². The van der Waals surface area contributed by atoms with Crippen LogP contribution in [0.3, 0.4) is 0 Å². The van der Waals surface area contributed by atoms with Crippen molar-refractivity contribution >= 4 is 21.4 Å². The highest BCUT2D eigenvalue weighted by Crippen LogP contribution is 2.17. The summed E-state index contributed by atoms with van der Waals surface area (Å²) in [6.07, 6.45) is 0. The molecule has 0 spiro atoms. The van der Waals surface area contributed by atoms with Gasteiger partial charge in [0.1, 0.15) is 5.75 Å². The van der Waals surface area contributed by atoms with Crippen molar-refractivity contribution in [2.75, 3.05) is 6.61 Å². The summed E-state index contributed by atoms with van der Waals surface area (Å²) >= 11 is 0.681. The summed E-state index contributed by atoms with van der Waals surface area (Å²) in [6.45, 7) is 4.12. The molecular formula is C13H16N2O4S2. The van der Waals surface area contributed by atoms with Crippen LogP contribution in [-0.4, -0.2) is 20.0 Å². The first kappa shape index (κ1) is 15.7. The summed E-state index contributed by atoms with van der Waals surface area (Å²) < 4.78 is 32.2. The van der Waals surface area contributed by atoms with E-state index in [2.05, 4.69) is 9.71 Å². The van der Waals surface area contributed by atoms with Crippen LogP contribution in [-0.2, 0) is 16.6 Å². The lowest BCUT2D eigenvalue weighted by Gasteiger charge is -2.08. The van der Waals surface area contributed by atoms with E-state index in [-0.39, 0.29) is 15.6 Å². The second-order valence-corrected chi connectivity index (χ2v) is 7.28. The predicted molar refractivity (Wildman–Crippen MR) is 81.3 cm³/mol. The largest absolute Gasteiger partial charge is 0.494 e. The Morgan fingerprint density at radius 3 is 2.76 bits per heavy atom. The molecule has 2 aromatic rings. The zero-order valence-corrected chi connectivity index (χ0v) is 13.3. The molecule has 8 heteroatoms. The predicted octanol–water partition coefficient (Wildman–Crippen LogP) is 1.62. The molecule has 0 unspecified atom stereocenters. The van der Waals surface area contributed by atoms with Gasteiger partial charge in [0.05, 0.1) is 6.61 Å². The number of rotatable bonds is 6. The molecule has 1 heterocycles. The minimum absolute atomic E-state index is 0.0217. The quantitative estimate of drug-likeness (QED) is 0.843. The summed E-state index contributed by atoms with van der Waals surface area (Å²) in [5.41, 5.74) is 1.13. The van der Waals surface area contributed by atoms with Crippen molar-refractivity contribution in [1.29, 1.82) is 0 Å². The van der Waals surface area contributed by atoms with Crippen molar-refractivity contribution in [2.24, 2.45) is 0 Å². The van der Waals surface area contributed by atoms with Crippen LogP contribution in [0.5, 0.6) is 5.75 Å². The number of sulfonamides is 1. The third-order valence-corrected chi connectivity index (χ3v) is 5.71. The van der Waals surface area contributed by atoms with Crippen molar-refractivity contribution in [3.63, 3.8) is 0 Å². The Bertz CT molecular complexity index is 777. The van der Waals surface area contributed by atoms with Crippen LogP contribution >= 0.6 is 11.3 Å². The van der Waals surface area contributed by atoms with Gasteiger partial charge in [-0.05, 0) is 31.5 Å². The van der Waals surface area contributed by atoms with Crippen molar-refractivity contribution in [1.82, 2.24) is 9.71 Å². The zero-order valence-electron chi connectivity index (χ0n) is 11.7. The molecule has 1 aromatic carbocycles. The second-order valence-electron chi connectivity index (χ2n) is 4.33. The summed E-state index contributed by atoms with van der Waals surface area (Å²) in [5.74, 6) is 0.691. The van der Waals surface area contributed by atoms with Gasteiger partial charge in [0.15, 0.2) is 4.21 Å². The van der Waals surface area contributed by atoms with Crippen LogP contribution in [0.15, 0.2) is 33.3 Å². The lowest BCUT2D eigenvalue weighted by atomic mass is 10.2. The summed E-state index contributed by atoms with van der Waals surface area (Å²) in [6, 6.07) is 7.19. The van der Waals surface area contributed by atoms with Crippen molar-refractivity contribution < 1.29 is 13.2 Å². The van der Waals surface area contributed by atoms with Crippen molar-refractivity contribution in [2.45, 2.75) is 24.6 Å². The molecule has 0 aliphatic heterocycles. The summed E-state index contributed by atoms with van der Waals surface area (Å²) in [7, 11) is -3.70. The van der Waals surface area contributed by atoms with Gasteiger partial charge in [0.2, 0.25) is 0 Å². The fourth-order valence-corrected chi connectivity index (χ4v) is 4.16. The molecule has 0 saturated carbocycles. The van der Waals surface area contributed by atoms with Crippen LogP contribution in [0.2, 0.25) is 0 Å². The number of aromatic amines is 1. The first-order chi connectivity index (χ1) is 9.92. The number of hydrogen-bond donors (Lipinski definition) is 2. The minimum Gasteiger partial charge on any atom is -0.494 e. The fraction of sp³-hybridized carbons (Fsp3) is 0.308. The number of nitrogens with one attached hydrogen (secondary N) is 2. The average molecular weight is 328 g/mol. The third-order valence-electron chi connectivity index (χ3n) is 2.70. The zero-order chi connectivity index (χ0) is 15.5. The van der Waals surface area contributed by atoms with E-state index >= 15 is 0 Å². The van der Waals surface area contributed by atoms with E-state index in [1.807, 2.05) is 13.0 Å². The number of H-pyrrole nitrogens is 1. The van der Waals surface area contributed by atoms with E-state index in [1.165, 1.54) is 0 Å². The number of hydrogen-bond acceptors (Lipinski definition) is 5. The first-order valence-electron chi connectivity index (χ1n) is 6.33. The van der Waals surface area contributed by atoms with Gasteiger partial charge < -0.3 is 9.72 Å².